The first-order chi connectivity index (χ1) is 16.5. The van der Waals surface area contributed by atoms with E-state index in [1.807, 2.05) is 13.8 Å². The summed E-state index contributed by atoms with van der Waals surface area (Å²) in [5, 5.41) is 11.5. The molecule has 2 aromatic carbocycles. The molecule has 0 bridgehead atoms. The monoisotopic (exact) mass is 478 g/mol. The molecule has 1 amide bonds. The summed E-state index contributed by atoms with van der Waals surface area (Å²) in [6, 6.07) is 15.8. The molecule has 1 fully saturated rings. The first kappa shape index (κ1) is 23.3. The van der Waals surface area contributed by atoms with Crippen LogP contribution in [0.5, 0.6) is 11.5 Å². The number of hydrogen-bond acceptors (Lipinski definition) is 6. The number of carbonyl (C=O) groups excluding carboxylic acids is 2. The van der Waals surface area contributed by atoms with Crippen molar-refractivity contribution >= 4 is 34.7 Å². The van der Waals surface area contributed by atoms with Gasteiger partial charge in [0.25, 0.3) is 11.7 Å². The Hall–Kier alpha value is -3.84. The van der Waals surface area contributed by atoms with E-state index in [2.05, 4.69) is 4.98 Å². The van der Waals surface area contributed by atoms with Crippen LogP contribution in [-0.4, -0.2) is 35.0 Å². The van der Waals surface area contributed by atoms with Crippen LogP contribution in [0.4, 0.5) is 5.69 Å². The molecular formula is C26H23ClN2O5. The number of nitrogens with zero attached hydrogens (tertiary/aromatic N) is 2. The second-order valence-corrected chi connectivity index (χ2v) is 7.83. The molecule has 7 nitrogen and oxygen atoms in total. The molecule has 0 spiro atoms. The minimum absolute atomic E-state index is 0.104. The average Bonchev–Trinajstić information content (AvgIpc) is 3.12. The van der Waals surface area contributed by atoms with Crippen LogP contribution < -0.4 is 14.4 Å². The van der Waals surface area contributed by atoms with Crippen molar-refractivity contribution in [3.8, 4) is 11.5 Å². The van der Waals surface area contributed by atoms with Crippen LogP contribution in [0.15, 0.2) is 72.4 Å². The number of hydrogen-bond donors (Lipinski definition) is 1. The molecule has 1 saturated heterocycles. The minimum atomic E-state index is -0.953. The van der Waals surface area contributed by atoms with Crippen molar-refractivity contribution in [2.75, 3.05) is 18.1 Å². The van der Waals surface area contributed by atoms with Gasteiger partial charge >= 0.3 is 0 Å². The SMILES string of the molecule is CCOc1ccc(N2C(=O)C(=O)/C(=C(/O)c3cc(OCC)ccc3Cl)C2c2ccccn2)cc1. The summed E-state index contributed by atoms with van der Waals surface area (Å²) in [5.41, 5.74) is 0.981. The van der Waals surface area contributed by atoms with E-state index in [9.17, 15) is 14.7 Å². The maximum Gasteiger partial charge on any atom is 0.300 e. The predicted molar refractivity (Wildman–Crippen MR) is 129 cm³/mol. The van der Waals surface area contributed by atoms with Gasteiger partial charge in [0.1, 0.15) is 23.3 Å². The highest BCUT2D eigenvalue weighted by Gasteiger charge is 2.47. The Morgan fingerprint density at radius 1 is 1.00 bits per heavy atom. The van der Waals surface area contributed by atoms with Crippen LogP contribution in [0.1, 0.15) is 31.1 Å². The van der Waals surface area contributed by atoms with E-state index in [-0.39, 0.29) is 16.2 Å². The fourth-order valence-corrected chi connectivity index (χ4v) is 4.08. The van der Waals surface area contributed by atoms with Crippen LogP contribution >= 0.6 is 11.6 Å². The third kappa shape index (κ3) is 4.34. The molecule has 1 atom stereocenters. The van der Waals surface area contributed by atoms with Crippen LogP contribution in [0.25, 0.3) is 5.76 Å². The highest BCUT2D eigenvalue weighted by molar-refractivity contribution is 6.52. The van der Waals surface area contributed by atoms with E-state index in [1.54, 1.807) is 66.9 Å². The number of halogens is 1. The van der Waals surface area contributed by atoms with Crippen molar-refractivity contribution in [1.29, 1.82) is 0 Å². The quantitative estimate of drug-likeness (QED) is 0.286. The number of aliphatic hydroxyl groups excluding tert-OH is 1. The van der Waals surface area contributed by atoms with Crippen molar-refractivity contribution in [1.82, 2.24) is 4.98 Å². The Bertz CT molecular complexity index is 1240. The van der Waals surface area contributed by atoms with E-state index in [4.69, 9.17) is 21.1 Å². The molecule has 8 heteroatoms. The van der Waals surface area contributed by atoms with E-state index >= 15 is 0 Å². The Morgan fingerprint density at radius 3 is 2.32 bits per heavy atom. The number of aliphatic hydroxyl groups is 1. The number of aromatic nitrogens is 1. The molecule has 34 heavy (non-hydrogen) atoms. The van der Waals surface area contributed by atoms with Gasteiger partial charge in [-0.1, -0.05) is 17.7 Å². The zero-order valence-corrected chi connectivity index (χ0v) is 19.5. The van der Waals surface area contributed by atoms with Gasteiger partial charge in [-0.15, -0.1) is 0 Å². The van der Waals surface area contributed by atoms with Crippen molar-refractivity contribution in [3.63, 3.8) is 0 Å². The highest BCUT2D eigenvalue weighted by atomic mass is 35.5. The molecule has 1 unspecified atom stereocenters. The van der Waals surface area contributed by atoms with E-state index in [0.29, 0.717) is 36.1 Å². The summed E-state index contributed by atoms with van der Waals surface area (Å²) < 4.78 is 11.0. The van der Waals surface area contributed by atoms with Crippen LogP contribution in [-0.2, 0) is 9.59 Å². The van der Waals surface area contributed by atoms with Gasteiger partial charge in [0, 0.05) is 17.4 Å². The van der Waals surface area contributed by atoms with Gasteiger partial charge in [-0.05, 0) is 68.4 Å². The Morgan fingerprint density at radius 2 is 1.68 bits per heavy atom. The van der Waals surface area contributed by atoms with Crippen LogP contribution in [0, 0.1) is 0 Å². The molecule has 0 aliphatic carbocycles. The Labute approximate surface area is 202 Å². The smallest absolute Gasteiger partial charge is 0.300 e. The largest absolute Gasteiger partial charge is 0.507 e. The Kier molecular flexibility index (Phi) is 6.84. The maximum absolute atomic E-state index is 13.2. The fourth-order valence-electron chi connectivity index (χ4n) is 3.87. The molecular weight excluding hydrogens is 456 g/mol. The number of ketones is 1. The average molecular weight is 479 g/mol. The van der Waals surface area contributed by atoms with Gasteiger partial charge in [0.05, 0.1) is 29.5 Å². The standard InChI is InChI=1S/C26H23ClN2O5/c1-3-33-17-10-8-16(9-11-17)29-23(21-7-5-6-14-28-21)22(25(31)26(29)32)24(30)19-15-18(34-4-2)12-13-20(19)27/h5-15,23,30H,3-4H2,1-2H3/b24-22+. The van der Waals surface area contributed by atoms with Crippen molar-refractivity contribution < 1.29 is 24.2 Å². The second-order valence-electron chi connectivity index (χ2n) is 7.43. The molecule has 0 radical (unpaired) electrons. The van der Waals surface area contributed by atoms with E-state index in [0.717, 1.165) is 0 Å². The number of rotatable bonds is 7. The molecule has 4 rings (SSSR count). The number of benzene rings is 2. The fraction of sp³-hybridized carbons (Fsp3) is 0.192. The first-order valence-corrected chi connectivity index (χ1v) is 11.2. The van der Waals surface area contributed by atoms with Gasteiger partial charge in [-0.3, -0.25) is 19.5 Å². The molecule has 3 aromatic rings. The number of pyridine rings is 1. The summed E-state index contributed by atoms with van der Waals surface area (Å²) >= 11 is 6.36. The van der Waals surface area contributed by atoms with Gasteiger partial charge in [0.15, 0.2) is 0 Å². The minimum Gasteiger partial charge on any atom is -0.507 e. The van der Waals surface area contributed by atoms with Crippen LogP contribution in [0.2, 0.25) is 5.02 Å². The lowest BCUT2D eigenvalue weighted by atomic mass is 9.98. The highest BCUT2D eigenvalue weighted by Crippen LogP contribution is 2.43. The predicted octanol–water partition coefficient (Wildman–Crippen LogP) is 5.16. The summed E-state index contributed by atoms with van der Waals surface area (Å²) in [6.07, 6.45) is 1.57. The number of ether oxygens (including phenoxy) is 2. The molecule has 1 aliphatic heterocycles. The second kappa shape index (κ2) is 9.97. The zero-order valence-electron chi connectivity index (χ0n) is 18.7. The molecule has 2 heterocycles. The van der Waals surface area contributed by atoms with Gasteiger partial charge < -0.3 is 14.6 Å². The lowest BCUT2D eigenvalue weighted by Crippen LogP contribution is -2.29. The number of amides is 1. The molecule has 0 saturated carbocycles. The lowest BCUT2D eigenvalue weighted by Gasteiger charge is -2.24. The van der Waals surface area contributed by atoms with Crippen LogP contribution in [0.3, 0.4) is 0 Å². The molecule has 1 aliphatic rings. The first-order valence-electron chi connectivity index (χ1n) is 10.8. The summed E-state index contributed by atoms with van der Waals surface area (Å²) in [6.45, 7) is 4.62. The summed E-state index contributed by atoms with van der Waals surface area (Å²) in [5.74, 6) is -0.896. The lowest BCUT2D eigenvalue weighted by molar-refractivity contribution is -0.132. The normalized spacial score (nSPS) is 17.1. The molecule has 1 N–H and O–H groups in total. The third-order valence-electron chi connectivity index (χ3n) is 5.34. The maximum atomic E-state index is 13.2. The van der Waals surface area contributed by atoms with E-state index < -0.39 is 23.5 Å². The van der Waals surface area contributed by atoms with Gasteiger partial charge in [-0.25, -0.2) is 0 Å². The van der Waals surface area contributed by atoms with E-state index in [1.165, 1.54) is 4.90 Å². The number of carbonyl (C=O) groups is 2. The van der Waals surface area contributed by atoms with Gasteiger partial charge in [-0.2, -0.15) is 0 Å². The topological polar surface area (TPSA) is 89.0 Å². The number of anilines is 1. The zero-order chi connectivity index (χ0) is 24.2. The van der Waals surface area contributed by atoms with Crippen molar-refractivity contribution in [3.05, 3.63) is 88.7 Å². The van der Waals surface area contributed by atoms with Crippen molar-refractivity contribution in [2.24, 2.45) is 0 Å². The van der Waals surface area contributed by atoms with Crippen molar-refractivity contribution in [2.45, 2.75) is 19.9 Å². The number of Topliss-reactive ketones (excluding diaryl/α,β-unsaturated/α-hetero) is 1. The Balaban J connectivity index is 1.89. The molecule has 1 aromatic heterocycles. The summed E-state index contributed by atoms with van der Waals surface area (Å²) in [4.78, 5) is 32.2. The molecule has 174 valence electrons. The van der Waals surface area contributed by atoms with Gasteiger partial charge in [0.2, 0.25) is 0 Å². The third-order valence-corrected chi connectivity index (χ3v) is 5.67. The summed E-state index contributed by atoms with van der Waals surface area (Å²) in [7, 11) is 0.